The van der Waals surface area contributed by atoms with Crippen LogP contribution < -0.4 is 0 Å². The molecule has 1 heterocycles. The van der Waals surface area contributed by atoms with Gasteiger partial charge < -0.3 is 14.8 Å². The number of carboxylic acid groups (broad SMARTS) is 1. The van der Waals surface area contributed by atoms with Gasteiger partial charge in [0.1, 0.15) is 0 Å². The molecule has 4 nitrogen and oxygen atoms in total. The minimum Gasteiger partial charge on any atom is -0.478 e. The fraction of sp³-hybridized carbons (Fsp3) is 0.471. The summed E-state index contributed by atoms with van der Waals surface area (Å²) in [7, 11) is 0. The van der Waals surface area contributed by atoms with E-state index in [2.05, 4.69) is 11.5 Å². The van der Waals surface area contributed by atoms with E-state index in [4.69, 9.17) is 0 Å². The molecule has 1 aromatic carbocycles. The predicted molar refractivity (Wildman–Crippen MR) is 83.9 cm³/mol. The number of aryl methyl sites for hydroxylation is 2. The molecule has 1 atom stereocenters. The number of nitrogens with zero attached hydrogens (tertiary/aromatic N) is 1. The molecule has 114 valence electrons. The fourth-order valence-electron chi connectivity index (χ4n) is 3.10. The second-order valence-electron chi connectivity index (χ2n) is 5.67. The summed E-state index contributed by atoms with van der Waals surface area (Å²) < 4.78 is 2.21. The molecule has 1 unspecified atom stereocenters. The Bertz CT molecular complexity index is 683. The van der Waals surface area contributed by atoms with Crippen LogP contribution in [0, 0.1) is 13.8 Å². The average Bonchev–Trinajstić information content (AvgIpc) is 2.68. The van der Waals surface area contributed by atoms with Crippen LogP contribution in [-0.4, -0.2) is 20.7 Å². The van der Waals surface area contributed by atoms with Crippen molar-refractivity contribution >= 4 is 16.9 Å². The monoisotopic (exact) mass is 289 g/mol. The van der Waals surface area contributed by atoms with E-state index < -0.39 is 12.1 Å². The van der Waals surface area contributed by atoms with Crippen LogP contribution in [0.4, 0.5) is 0 Å². The maximum atomic E-state index is 11.3. The van der Waals surface area contributed by atoms with Gasteiger partial charge in [0.05, 0.1) is 17.2 Å². The predicted octanol–water partition coefficient (Wildman–Crippen LogP) is 3.81. The number of rotatable bonds is 5. The molecule has 0 aliphatic rings. The van der Waals surface area contributed by atoms with Crippen molar-refractivity contribution in [3.63, 3.8) is 0 Å². The van der Waals surface area contributed by atoms with Gasteiger partial charge in [-0.25, -0.2) is 4.79 Å². The number of aliphatic hydroxyl groups excluding tert-OH is 1. The molecule has 2 aromatic rings. The highest BCUT2D eigenvalue weighted by molar-refractivity contribution is 5.97. The smallest absolute Gasteiger partial charge is 0.335 e. The Morgan fingerprint density at radius 3 is 2.52 bits per heavy atom. The molecule has 0 bridgehead atoms. The molecule has 0 radical (unpaired) electrons. The Labute approximate surface area is 125 Å². The third-order valence-electron chi connectivity index (χ3n) is 4.06. The van der Waals surface area contributed by atoms with Crippen molar-refractivity contribution < 1.29 is 15.0 Å². The third kappa shape index (κ3) is 2.68. The van der Waals surface area contributed by atoms with Gasteiger partial charge in [-0.15, -0.1) is 0 Å². The number of aliphatic hydroxyl groups is 1. The van der Waals surface area contributed by atoms with Crippen molar-refractivity contribution in [2.24, 2.45) is 0 Å². The van der Waals surface area contributed by atoms with Crippen LogP contribution in [-0.2, 0) is 6.54 Å². The van der Waals surface area contributed by atoms with E-state index in [-0.39, 0.29) is 5.56 Å². The van der Waals surface area contributed by atoms with Crippen LogP contribution in [0.1, 0.15) is 60.0 Å². The lowest BCUT2D eigenvalue weighted by Gasteiger charge is -2.10. The van der Waals surface area contributed by atoms with Crippen LogP contribution in [0.15, 0.2) is 12.1 Å². The van der Waals surface area contributed by atoms with Crippen molar-refractivity contribution in [2.45, 2.75) is 53.2 Å². The maximum absolute atomic E-state index is 11.3. The zero-order valence-electron chi connectivity index (χ0n) is 13.1. The summed E-state index contributed by atoms with van der Waals surface area (Å²) in [6.45, 7) is 8.69. The number of unbranched alkanes of at least 4 members (excludes halogenated alkanes) is 1. The van der Waals surface area contributed by atoms with E-state index in [0.29, 0.717) is 0 Å². The molecular weight excluding hydrogens is 266 g/mol. The summed E-state index contributed by atoms with van der Waals surface area (Å²) in [6.07, 6.45) is 1.54. The molecule has 0 saturated carbocycles. The van der Waals surface area contributed by atoms with E-state index >= 15 is 0 Å². The highest BCUT2D eigenvalue weighted by atomic mass is 16.4. The molecule has 0 aliphatic heterocycles. The van der Waals surface area contributed by atoms with Crippen molar-refractivity contribution in [1.82, 2.24) is 4.57 Å². The number of carbonyl (C=O) groups is 1. The summed E-state index contributed by atoms with van der Waals surface area (Å²) >= 11 is 0. The van der Waals surface area contributed by atoms with E-state index in [1.807, 2.05) is 13.8 Å². The van der Waals surface area contributed by atoms with Gasteiger partial charge in [-0.1, -0.05) is 13.3 Å². The first-order valence-corrected chi connectivity index (χ1v) is 7.43. The molecule has 2 rings (SSSR count). The van der Waals surface area contributed by atoms with Gasteiger partial charge in [0.2, 0.25) is 0 Å². The minimum atomic E-state index is -0.935. The zero-order chi connectivity index (χ0) is 15.7. The topological polar surface area (TPSA) is 62.5 Å². The van der Waals surface area contributed by atoms with Gasteiger partial charge >= 0.3 is 5.97 Å². The normalized spacial score (nSPS) is 12.8. The van der Waals surface area contributed by atoms with Crippen LogP contribution in [0.25, 0.3) is 10.9 Å². The number of carboxylic acids is 1. The second kappa shape index (κ2) is 5.90. The lowest BCUT2D eigenvalue weighted by Crippen LogP contribution is -2.03. The van der Waals surface area contributed by atoms with Crippen LogP contribution in [0.3, 0.4) is 0 Å². The molecule has 21 heavy (non-hydrogen) atoms. The van der Waals surface area contributed by atoms with Gasteiger partial charge in [0.25, 0.3) is 0 Å². The van der Waals surface area contributed by atoms with Crippen LogP contribution in [0.2, 0.25) is 0 Å². The Kier molecular flexibility index (Phi) is 4.37. The quantitative estimate of drug-likeness (QED) is 0.879. The van der Waals surface area contributed by atoms with Crippen molar-refractivity contribution in [3.05, 3.63) is 34.5 Å². The Hall–Kier alpha value is -1.81. The Morgan fingerprint density at radius 2 is 2.00 bits per heavy atom. The number of hydrogen-bond acceptors (Lipinski definition) is 2. The summed E-state index contributed by atoms with van der Waals surface area (Å²) in [5.74, 6) is -0.935. The first kappa shape index (κ1) is 15.6. The fourth-order valence-corrected chi connectivity index (χ4v) is 3.10. The zero-order valence-corrected chi connectivity index (χ0v) is 13.1. The van der Waals surface area contributed by atoms with Crippen molar-refractivity contribution in [3.8, 4) is 0 Å². The molecule has 1 aromatic heterocycles. The first-order chi connectivity index (χ1) is 9.88. The van der Waals surface area contributed by atoms with Gasteiger partial charge in [0.15, 0.2) is 0 Å². The summed E-state index contributed by atoms with van der Waals surface area (Å²) in [5, 5.41) is 20.2. The molecular formula is C17H23NO3. The number of hydrogen-bond donors (Lipinski definition) is 2. The van der Waals surface area contributed by atoms with Crippen LogP contribution >= 0.6 is 0 Å². The number of fused-ring (bicyclic) bond motifs is 1. The number of aromatic nitrogens is 1. The van der Waals surface area contributed by atoms with E-state index in [9.17, 15) is 15.0 Å². The number of benzene rings is 1. The van der Waals surface area contributed by atoms with E-state index in [1.54, 1.807) is 19.1 Å². The second-order valence-corrected chi connectivity index (χ2v) is 5.67. The molecule has 4 heteroatoms. The van der Waals surface area contributed by atoms with Gasteiger partial charge in [-0.3, -0.25) is 0 Å². The lowest BCUT2D eigenvalue weighted by atomic mass is 10.0. The van der Waals surface area contributed by atoms with Crippen LogP contribution in [0.5, 0.6) is 0 Å². The Morgan fingerprint density at radius 1 is 1.33 bits per heavy atom. The maximum Gasteiger partial charge on any atom is 0.335 e. The molecule has 0 aliphatic carbocycles. The summed E-state index contributed by atoms with van der Waals surface area (Å²) in [4.78, 5) is 11.3. The van der Waals surface area contributed by atoms with E-state index in [0.717, 1.165) is 47.1 Å². The van der Waals surface area contributed by atoms with E-state index in [1.165, 1.54) is 0 Å². The largest absolute Gasteiger partial charge is 0.478 e. The highest BCUT2D eigenvalue weighted by Gasteiger charge is 2.20. The average molecular weight is 289 g/mol. The van der Waals surface area contributed by atoms with Gasteiger partial charge in [-0.2, -0.15) is 0 Å². The van der Waals surface area contributed by atoms with Gasteiger partial charge in [-0.05, 0) is 44.9 Å². The summed E-state index contributed by atoms with van der Waals surface area (Å²) in [6, 6.07) is 3.39. The van der Waals surface area contributed by atoms with Gasteiger partial charge in [0, 0.05) is 23.2 Å². The standard InChI is InChI=1S/C17H23NO3/c1-5-6-7-18-11(3)15(12(4)19)14-9-13(17(20)21)8-10(2)16(14)18/h8-9,12,19H,5-7H2,1-4H3,(H,20,21). The minimum absolute atomic E-state index is 0.273. The molecule has 0 saturated heterocycles. The Balaban J connectivity index is 2.80. The molecule has 0 amide bonds. The van der Waals surface area contributed by atoms with Crippen molar-refractivity contribution in [2.75, 3.05) is 0 Å². The third-order valence-corrected chi connectivity index (χ3v) is 4.06. The molecule has 0 fully saturated rings. The molecule has 0 spiro atoms. The van der Waals surface area contributed by atoms with Crippen molar-refractivity contribution in [1.29, 1.82) is 0 Å². The highest BCUT2D eigenvalue weighted by Crippen LogP contribution is 2.34. The summed E-state index contributed by atoms with van der Waals surface area (Å²) in [5.41, 5.74) is 4.12. The molecule has 2 N–H and O–H groups in total. The first-order valence-electron chi connectivity index (χ1n) is 7.43. The lowest BCUT2D eigenvalue weighted by molar-refractivity contribution is 0.0697. The SMILES string of the molecule is CCCCn1c(C)c(C(C)O)c2cc(C(=O)O)cc(C)c21. The number of aromatic carboxylic acids is 1.